The lowest BCUT2D eigenvalue weighted by atomic mass is 10.1. The van der Waals surface area contributed by atoms with E-state index in [0.29, 0.717) is 0 Å². The first kappa shape index (κ1) is 15.8. The molecule has 0 aromatic carbocycles. The normalized spacial score (nSPS) is 12.6. The Morgan fingerprint density at radius 2 is 2.11 bits per heavy atom. The molecule has 0 radical (unpaired) electrons. The van der Waals surface area contributed by atoms with Crippen molar-refractivity contribution < 1.29 is 5.03 Å². The van der Waals surface area contributed by atoms with Crippen LogP contribution in [0.25, 0.3) is 0 Å². The quantitative estimate of drug-likeness (QED) is 0.247. The predicted octanol–water partition coefficient (Wildman–Crippen LogP) is 1.76. The fraction of sp³-hybridized carbons (Fsp3) is 0.455. The molecule has 0 bridgehead atoms. The van der Waals surface area contributed by atoms with Gasteiger partial charge in [0.15, 0.2) is 5.03 Å². The van der Waals surface area contributed by atoms with Crippen molar-refractivity contribution in [2.45, 2.75) is 33.6 Å². The maximum atomic E-state index is 9.99. The Morgan fingerprint density at radius 3 is 2.67 bits per heavy atom. The predicted molar refractivity (Wildman–Crippen MR) is 72.7 cm³/mol. The lowest BCUT2D eigenvalue weighted by molar-refractivity contribution is -0.525. The molecule has 3 N–H and O–H groups in total. The lowest BCUT2D eigenvalue weighted by Gasteiger charge is -1.96. The molecule has 0 saturated carbocycles. The standard InChI is InChI=1S/C11H19N5O2/c1-9(2)5-4-6-10(3)7-8-13-14-11(12)15-16(17)18/h5,7-8H,4,6H2,1-3H3,(H3,12,14,15). The number of nitrogens with one attached hydrogen (secondary N) is 1. The number of nitrogens with zero attached hydrogens (tertiary/aromatic N) is 3. The van der Waals surface area contributed by atoms with Crippen molar-refractivity contribution in [2.24, 2.45) is 15.9 Å². The molecule has 0 saturated heterocycles. The van der Waals surface area contributed by atoms with E-state index in [1.54, 1.807) is 11.5 Å². The van der Waals surface area contributed by atoms with Crippen molar-refractivity contribution >= 4 is 12.2 Å². The molecule has 0 fully saturated rings. The summed E-state index contributed by atoms with van der Waals surface area (Å²) in [6.07, 6.45) is 7.32. The van der Waals surface area contributed by atoms with Crippen LogP contribution in [0.4, 0.5) is 0 Å². The van der Waals surface area contributed by atoms with E-state index in [-0.39, 0.29) is 5.96 Å². The number of nitrogens with two attached hydrogens (primary N) is 1. The van der Waals surface area contributed by atoms with Gasteiger partial charge in [-0.15, -0.1) is 5.10 Å². The van der Waals surface area contributed by atoms with Gasteiger partial charge in [-0.05, 0) is 39.7 Å². The van der Waals surface area contributed by atoms with Crippen molar-refractivity contribution in [2.75, 3.05) is 0 Å². The van der Waals surface area contributed by atoms with Gasteiger partial charge < -0.3 is 5.73 Å². The van der Waals surface area contributed by atoms with Crippen LogP contribution in [0.3, 0.4) is 0 Å². The fourth-order valence-corrected chi connectivity index (χ4v) is 1.04. The van der Waals surface area contributed by atoms with Crippen molar-refractivity contribution in [3.05, 3.63) is 33.4 Å². The Hall–Kier alpha value is -2.18. The van der Waals surface area contributed by atoms with E-state index in [1.165, 1.54) is 11.8 Å². The third kappa shape index (κ3) is 10.3. The molecule has 0 spiro atoms. The van der Waals surface area contributed by atoms with Crippen molar-refractivity contribution in [1.82, 2.24) is 5.43 Å². The number of rotatable bonds is 6. The van der Waals surface area contributed by atoms with Crippen molar-refractivity contribution in [3.8, 4) is 0 Å². The van der Waals surface area contributed by atoms with E-state index in [2.05, 4.69) is 30.1 Å². The van der Waals surface area contributed by atoms with Gasteiger partial charge in [-0.25, -0.2) is 10.1 Å². The monoisotopic (exact) mass is 253 g/mol. The van der Waals surface area contributed by atoms with Crippen LogP contribution >= 0.6 is 0 Å². The molecule has 0 aromatic rings. The van der Waals surface area contributed by atoms with Crippen LogP contribution in [0.2, 0.25) is 0 Å². The molecular weight excluding hydrogens is 234 g/mol. The third-order valence-corrected chi connectivity index (χ3v) is 1.89. The molecule has 0 unspecified atom stereocenters. The molecule has 0 aliphatic rings. The maximum absolute atomic E-state index is 9.99. The van der Waals surface area contributed by atoms with E-state index >= 15 is 0 Å². The summed E-state index contributed by atoms with van der Waals surface area (Å²) < 4.78 is 0. The van der Waals surface area contributed by atoms with E-state index < -0.39 is 5.03 Å². The number of allylic oxidation sites excluding steroid dienone is 4. The molecule has 0 amide bonds. The number of hydrazine groups is 1. The molecule has 0 rings (SSSR count). The van der Waals surface area contributed by atoms with E-state index in [4.69, 9.17) is 5.73 Å². The average Bonchev–Trinajstić information content (AvgIpc) is 2.23. The minimum atomic E-state index is -0.797. The van der Waals surface area contributed by atoms with Crippen LogP contribution in [0.15, 0.2) is 33.5 Å². The number of hydrogen-bond acceptors (Lipinski definition) is 4. The first-order valence-electron chi connectivity index (χ1n) is 5.48. The molecule has 7 heteroatoms. The summed E-state index contributed by atoms with van der Waals surface area (Å²) >= 11 is 0. The highest BCUT2D eigenvalue weighted by Gasteiger charge is 1.96. The van der Waals surface area contributed by atoms with Crippen LogP contribution in [0, 0.1) is 10.1 Å². The number of hydrogen-bond donors (Lipinski definition) is 2. The Morgan fingerprint density at radius 1 is 1.44 bits per heavy atom. The molecular formula is C11H19N5O2. The Labute approximate surface area is 106 Å². The van der Waals surface area contributed by atoms with Crippen LogP contribution < -0.4 is 11.2 Å². The van der Waals surface area contributed by atoms with Gasteiger partial charge in [-0.2, -0.15) is 5.10 Å². The summed E-state index contributed by atoms with van der Waals surface area (Å²) in [4.78, 5) is 9.99. The molecule has 0 atom stereocenters. The average molecular weight is 253 g/mol. The molecule has 0 heterocycles. The SMILES string of the molecule is CC(C)=CCCC(C)=CC=N/N=C(\N)N[N+](=O)[O-]. The molecule has 18 heavy (non-hydrogen) atoms. The fourth-order valence-electron chi connectivity index (χ4n) is 1.04. The topological polar surface area (TPSA) is 106 Å². The molecule has 0 aromatic heterocycles. The molecule has 0 aliphatic heterocycles. The number of nitro groups is 1. The largest absolute Gasteiger partial charge is 0.364 e. The molecule has 0 aliphatic carbocycles. The Kier molecular flexibility index (Phi) is 7.83. The summed E-state index contributed by atoms with van der Waals surface area (Å²) in [5, 5.41) is 16.2. The summed E-state index contributed by atoms with van der Waals surface area (Å²) in [5.41, 5.74) is 9.28. The molecule has 7 nitrogen and oxygen atoms in total. The van der Waals surface area contributed by atoms with Crippen LogP contribution in [-0.2, 0) is 0 Å². The second-order valence-corrected chi connectivity index (χ2v) is 3.95. The maximum Gasteiger partial charge on any atom is 0.275 e. The first-order chi connectivity index (χ1) is 8.41. The molecule has 100 valence electrons. The zero-order chi connectivity index (χ0) is 14.0. The highest BCUT2D eigenvalue weighted by molar-refractivity contribution is 5.78. The van der Waals surface area contributed by atoms with Crippen LogP contribution in [-0.4, -0.2) is 17.2 Å². The van der Waals surface area contributed by atoms with Gasteiger partial charge >= 0.3 is 0 Å². The Bertz CT molecular complexity index is 392. The lowest BCUT2D eigenvalue weighted by Crippen LogP contribution is -2.35. The zero-order valence-corrected chi connectivity index (χ0v) is 10.9. The second kappa shape index (κ2) is 8.91. The summed E-state index contributed by atoms with van der Waals surface area (Å²) in [5.74, 6) is -0.355. The van der Waals surface area contributed by atoms with Gasteiger partial charge in [0.1, 0.15) is 0 Å². The smallest absolute Gasteiger partial charge is 0.275 e. The zero-order valence-electron chi connectivity index (χ0n) is 10.9. The van der Waals surface area contributed by atoms with Gasteiger partial charge in [0, 0.05) is 6.21 Å². The minimum Gasteiger partial charge on any atom is -0.364 e. The van der Waals surface area contributed by atoms with Crippen molar-refractivity contribution in [3.63, 3.8) is 0 Å². The second-order valence-electron chi connectivity index (χ2n) is 3.95. The van der Waals surface area contributed by atoms with Gasteiger partial charge in [0.2, 0.25) is 0 Å². The van der Waals surface area contributed by atoms with Crippen molar-refractivity contribution in [1.29, 1.82) is 0 Å². The highest BCUT2D eigenvalue weighted by Crippen LogP contribution is 2.05. The first-order valence-corrected chi connectivity index (χ1v) is 5.48. The van der Waals surface area contributed by atoms with E-state index in [0.717, 1.165) is 18.4 Å². The van der Waals surface area contributed by atoms with Gasteiger partial charge in [0.25, 0.3) is 5.96 Å². The summed E-state index contributed by atoms with van der Waals surface area (Å²) in [6.45, 7) is 6.09. The highest BCUT2D eigenvalue weighted by atomic mass is 16.7. The summed E-state index contributed by atoms with van der Waals surface area (Å²) in [7, 11) is 0. The van der Waals surface area contributed by atoms with E-state index in [9.17, 15) is 10.1 Å². The minimum absolute atomic E-state index is 0.355. The van der Waals surface area contributed by atoms with Gasteiger partial charge in [-0.1, -0.05) is 22.6 Å². The van der Waals surface area contributed by atoms with E-state index in [1.807, 2.05) is 6.92 Å². The van der Waals surface area contributed by atoms with Gasteiger partial charge in [0.05, 0.1) is 0 Å². The van der Waals surface area contributed by atoms with Crippen LogP contribution in [0.1, 0.15) is 33.6 Å². The van der Waals surface area contributed by atoms with Gasteiger partial charge in [-0.3, -0.25) is 0 Å². The third-order valence-electron chi connectivity index (χ3n) is 1.89. The Balaban J connectivity index is 4.12. The summed E-state index contributed by atoms with van der Waals surface area (Å²) in [6, 6.07) is 0. The number of guanidine groups is 1. The van der Waals surface area contributed by atoms with Crippen LogP contribution in [0.5, 0.6) is 0 Å².